The highest BCUT2D eigenvalue weighted by Crippen LogP contribution is 2.42. The van der Waals surface area contributed by atoms with Crippen LogP contribution in [0.25, 0.3) is 5.57 Å². The highest BCUT2D eigenvalue weighted by atomic mass is 19.4. The molecule has 2 heterocycles. The first-order chi connectivity index (χ1) is 16.8. The molecule has 0 aliphatic carbocycles. The van der Waals surface area contributed by atoms with Gasteiger partial charge in [-0.15, -0.1) is 0 Å². The van der Waals surface area contributed by atoms with E-state index in [4.69, 9.17) is 16.2 Å². The van der Waals surface area contributed by atoms with Crippen LogP contribution in [-0.4, -0.2) is 4.98 Å². The SMILES string of the molecule is Nc1ccc(Oc2ccc(C3=CC(c4ccc(N)cc4C(F)(F)F)Nc4ncccc43)cc2)cc1. The monoisotopic (exact) mass is 474 g/mol. The highest BCUT2D eigenvalue weighted by Gasteiger charge is 2.36. The third-order valence-electron chi connectivity index (χ3n) is 5.72. The number of hydrogen-bond donors (Lipinski definition) is 3. The molecule has 1 aliphatic heterocycles. The fourth-order valence-corrected chi connectivity index (χ4v) is 4.07. The molecule has 0 fully saturated rings. The van der Waals surface area contributed by atoms with Crippen molar-refractivity contribution in [2.45, 2.75) is 12.2 Å². The van der Waals surface area contributed by atoms with Crippen molar-refractivity contribution < 1.29 is 17.9 Å². The summed E-state index contributed by atoms with van der Waals surface area (Å²) in [6.45, 7) is 0. The fourth-order valence-electron chi connectivity index (χ4n) is 4.07. The number of fused-ring (bicyclic) bond motifs is 1. The second-order valence-corrected chi connectivity index (χ2v) is 8.14. The number of halogens is 3. The maximum Gasteiger partial charge on any atom is 0.416 e. The first-order valence-electron chi connectivity index (χ1n) is 10.8. The van der Waals surface area contributed by atoms with Crippen LogP contribution in [0.2, 0.25) is 0 Å². The van der Waals surface area contributed by atoms with E-state index in [-0.39, 0.29) is 11.3 Å². The van der Waals surface area contributed by atoms with Crippen LogP contribution in [0.5, 0.6) is 11.5 Å². The van der Waals surface area contributed by atoms with Gasteiger partial charge in [0, 0.05) is 23.1 Å². The predicted molar refractivity (Wildman–Crippen MR) is 131 cm³/mol. The van der Waals surface area contributed by atoms with Crippen molar-refractivity contribution in [3.05, 3.63) is 113 Å². The van der Waals surface area contributed by atoms with E-state index in [0.717, 1.165) is 22.8 Å². The Morgan fingerprint density at radius 2 is 1.49 bits per heavy atom. The molecule has 0 saturated carbocycles. The summed E-state index contributed by atoms with van der Waals surface area (Å²) in [5, 5.41) is 3.13. The van der Waals surface area contributed by atoms with Crippen LogP contribution in [0.4, 0.5) is 30.4 Å². The van der Waals surface area contributed by atoms with Gasteiger partial charge in [0.1, 0.15) is 17.3 Å². The number of hydrogen-bond acceptors (Lipinski definition) is 5. The smallest absolute Gasteiger partial charge is 0.416 e. The second-order valence-electron chi connectivity index (χ2n) is 8.14. The summed E-state index contributed by atoms with van der Waals surface area (Å²) in [5.41, 5.74) is 13.7. The highest BCUT2D eigenvalue weighted by molar-refractivity contribution is 5.88. The summed E-state index contributed by atoms with van der Waals surface area (Å²) in [5.74, 6) is 1.77. The number of alkyl halides is 3. The standard InChI is InChI=1S/C27H21F3N4O/c28-27(29,30)24-14-18(32)7-12-22(24)25-15-23(21-2-1-13-33-26(21)34-25)16-3-8-19(9-4-16)35-20-10-5-17(31)6-11-20/h1-15,25H,31-32H2,(H,33,34). The first kappa shape index (κ1) is 22.3. The number of rotatable bonds is 4. The number of ether oxygens (including phenoxy) is 1. The average Bonchev–Trinajstić information content (AvgIpc) is 2.85. The summed E-state index contributed by atoms with van der Waals surface area (Å²) in [6.07, 6.45) is -1.17. The quantitative estimate of drug-likeness (QED) is 0.288. The molecule has 1 aromatic heterocycles. The number of pyridine rings is 1. The molecule has 0 spiro atoms. The Balaban J connectivity index is 1.53. The van der Waals surface area contributed by atoms with Gasteiger partial charge < -0.3 is 21.5 Å². The average molecular weight is 474 g/mol. The largest absolute Gasteiger partial charge is 0.457 e. The third-order valence-corrected chi connectivity index (χ3v) is 5.72. The minimum absolute atomic E-state index is 0.0521. The molecule has 176 valence electrons. The van der Waals surface area contributed by atoms with Crippen LogP contribution < -0.4 is 21.5 Å². The van der Waals surface area contributed by atoms with Crippen molar-refractivity contribution in [2.24, 2.45) is 0 Å². The van der Waals surface area contributed by atoms with E-state index in [9.17, 15) is 13.2 Å². The topological polar surface area (TPSA) is 86.2 Å². The van der Waals surface area contributed by atoms with Gasteiger partial charge in [-0.2, -0.15) is 13.2 Å². The Labute approximate surface area is 199 Å². The zero-order chi connectivity index (χ0) is 24.6. The third kappa shape index (κ3) is 4.63. The molecule has 3 aromatic carbocycles. The molecule has 4 aromatic rings. The van der Waals surface area contributed by atoms with E-state index in [1.807, 2.05) is 30.3 Å². The summed E-state index contributed by atoms with van der Waals surface area (Å²) in [4.78, 5) is 4.37. The first-order valence-corrected chi connectivity index (χ1v) is 10.8. The van der Waals surface area contributed by atoms with Gasteiger partial charge in [-0.1, -0.05) is 18.2 Å². The van der Waals surface area contributed by atoms with E-state index < -0.39 is 17.8 Å². The molecule has 1 unspecified atom stereocenters. The normalized spacial score (nSPS) is 15.1. The number of nitrogens with one attached hydrogen (secondary N) is 1. The number of nitrogens with two attached hydrogens (primary N) is 2. The van der Waals surface area contributed by atoms with E-state index >= 15 is 0 Å². The maximum atomic E-state index is 13.8. The molecule has 0 radical (unpaired) electrons. The Morgan fingerprint density at radius 3 is 2.17 bits per heavy atom. The molecule has 0 amide bonds. The predicted octanol–water partition coefficient (Wildman–Crippen LogP) is 6.66. The minimum atomic E-state index is -4.55. The molecular formula is C27H21F3N4O. The van der Waals surface area contributed by atoms with Crippen LogP contribution in [0.3, 0.4) is 0 Å². The van der Waals surface area contributed by atoms with Gasteiger partial charge >= 0.3 is 6.18 Å². The van der Waals surface area contributed by atoms with Crippen LogP contribution in [0, 0.1) is 0 Å². The van der Waals surface area contributed by atoms with E-state index in [1.165, 1.54) is 12.1 Å². The molecule has 1 aliphatic rings. The molecule has 0 bridgehead atoms. The van der Waals surface area contributed by atoms with Crippen molar-refractivity contribution in [3.63, 3.8) is 0 Å². The van der Waals surface area contributed by atoms with Crippen molar-refractivity contribution >= 4 is 22.8 Å². The molecule has 1 atom stereocenters. The van der Waals surface area contributed by atoms with Gasteiger partial charge in [-0.05, 0) is 83.4 Å². The van der Waals surface area contributed by atoms with Gasteiger partial charge in [-0.25, -0.2) is 4.98 Å². The number of nitrogens with zero attached hydrogens (tertiary/aromatic N) is 1. The van der Waals surface area contributed by atoms with Crippen LogP contribution >= 0.6 is 0 Å². The van der Waals surface area contributed by atoms with Crippen LogP contribution in [0.15, 0.2) is 91.1 Å². The van der Waals surface area contributed by atoms with E-state index in [2.05, 4.69) is 10.3 Å². The molecule has 5 nitrogen and oxygen atoms in total. The molecular weight excluding hydrogens is 453 g/mol. The Bertz CT molecular complexity index is 1400. The summed E-state index contributed by atoms with van der Waals surface area (Å²) in [7, 11) is 0. The van der Waals surface area contributed by atoms with Crippen molar-refractivity contribution in [1.82, 2.24) is 4.98 Å². The lowest BCUT2D eigenvalue weighted by Gasteiger charge is -2.28. The molecule has 8 heteroatoms. The van der Waals surface area contributed by atoms with E-state index in [1.54, 1.807) is 42.6 Å². The maximum absolute atomic E-state index is 13.8. The van der Waals surface area contributed by atoms with Gasteiger partial charge in [0.2, 0.25) is 0 Å². The molecule has 0 saturated heterocycles. The Morgan fingerprint density at radius 1 is 0.829 bits per heavy atom. The number of benzene rings is 3. The zero-order valence-corrected chi connectivity index (χ0v) is 18.4. The summed E-state index contributed by atoms with van der Waals surface area (Å²) >= 11 is 0. The summed E-state index contributed by atoms with van der Waals surface area (Å²) < 4.78 is 47.3. The van der Waals surface area contributed by atoms with Gasteiger partial charge in [-0.3, -0.25) is 0 Å². The minimum Gasteiger partial charge on any atom is -0.457 e. The molecule has 35 heavy (non-hydrogen) atoms. The Kier molecular flexibility index (Phi) is 5.56. The lowest BCUT2D eigenvalue weighted by atomic mass is 9.89. The lowest BCUT2D eigenvalue weighted by molar-refractivity contribution is -0.138. The lowest BCUT2D eigenvalue weighted by Crippen LogP contribution is -2.20. The van der Waals surface area contributed by atoms with Crippen molar-refractivity contribution in [1.29, 1.82) is 0 Å². The van der Waals surface area contributed by atoms with Gasteiger partial charge in [0.25, 0.3) is 0 Å². The van der Waals surface area contributed by atoms with Gasteiger partial charge in [0.05, 0.1) is 11.6 Å². The molecule has 5 N–H and O–H groups in total. The second kappa shape index (κ2) is 8.72. The Hall–Kier alpha value is -4.46. The zero-order valence-electron chi connectivity index (χ0n) is 18.4. The van der Waals surface area contributed by atoms with Crippen molar-refractivity contribution in [3.8, 4) is 11.5 Å². The molecule has 5 rings (SSSR count). The van der Waals surface area contributed by atoms with Crippen LogP contribution in [0.1, 0.15) is 28.3 Å². The number of anilines is 3. The van der Waals surface area contributed by atoms with Crippen molar-refractivity contribution in [2.75, 3.05) is 16.8 Å². The van der Waals surface area contributed by atoms with Crippen LogP contribution in [-0.2, 0) is 6.18 Å². The number of nitrogen functional groups attached to an aromatic ring is 2. The fraction of sp³-hybridized carbons (Fsp3) is 0.0741. The summed E-state index contributed by atoms with van der Waals surface area (Å²) in [6, 6.07) is 21.1. The van der Waals surface area contributed by atoms with E-state index in [0.29, 0.717) is 23.0 Å². The van der Waals surface area contributed by atoms with Gasteiger partial charge in [0.15, 0.2) is 0 Å². The number of aromatic nitrogens is 1.